The molecule has 60 valence electrons. The first kappa shape index (κ1) is 11.4. The predicted octanol–water partition coefficient (Wildman–Crippen LogP) is -0.687. The van der Waals surface area contributed by atoms with Gasteiger partial charge in [0.2, 0.25) is 0 Å². The Labute approximate surface area is 81.1 Å². The van der Waals surface area contributed by atoms with E-state index >= 15 is 0 Å². The summed E-state index contributed by atoms with van der Waals surface area (Å²) in [6.45, 7) is -3.06. The van der Waals surface area contributed by atoms with E-state index in [2.05, 4.69) is 33.6 Å². The van der Waals surface area contributed by atoms with Gasteiger partial charge >= 0.3 is 0 Å². The zero-order valence-electron chi connectivity index (χ0n) is 4.08. The number of hydrogen-bond acceptors (Lipinski definition) is 6. The fourth-order valence-electron chi connectivity index (χ4n) is 0.0907. The summed E-state index contributed by atoms with van der Waals surface area (Å²) in [7, 11) is -2.29. The van der Waals surface area contributed by atoms with Crippen LogP contribution in [0.5, 0.6) is 0 Å². The van der Waals surface area contributed by atoms with Crippen molar-refractivity contribution in [1.29, 1.82) is 0 Å². The molecule has 0 aliphatic carbocycles. The number of hydrogen-bond donors (Lipinski definition) is 0. The molecule has 0 aliphatic rings. The summed E-state index contributed by atoms with van der Waals surface area (Å²) in [5.41, 5.74) is 0. The summed E-state index contributed by atoms with van der Waals surface area (Å²) < 4.78 is 20.4. The normalized spacial score (nSPS) is 8.40. The van der Waals surface area contributed by atoms with Crippen LogP contribution in [0.3, 0.4) is 0 Å². The second-order valence-corrected chi connectivity index (χ2v) is 18.0. The standard InChI is InChI=1S/O2S8/c1-7(2)9(5)10(6)8(3)4. The van der Waals surface area contributed by atoms with E-state index < -0.39 is 29.0 Å². The highest BCUT2D eigenvalue weighted by atomic mass is 33.6. The smallest absolute Gasteiger partial charge is 0.172 e. The second kappa shape index (κ2) is 5.09. The molecule has 0 aromatic carbocycles. The molecule has 10 heteroatoms. The molecule has 0 radical (unpaired) electrons. The lowest BCUT2D eigenvalue weighted by Gasteiger charge is -1.53. The average Bonchev–Trinajstić information content (AvgIpc) is 1.84. The first-order chi connectivity index (χ1) is 4.46. The summed E-state index contributed by atoms with van der Waals surface area (Å²) >= 11 is 18.5. The Hall–Kier alpha value is 1.36. The van der Waals surface area contributed by atoms with Crippen molar-refractivity contribution in [2.45, 2.75) is 0 Å². The van der Waals surface area contributed by atoms with Gasteiger partial charge in [-0.05, 0) is 0 Å². The molecule has 0 fully saturated rings. The summed E-state index contributed by atoms with van der Waals surface area (Å²) in [4.78, 5) is 0. The van der Waals surface area contributed by atoms with Crippen molar-refractivity contribution in [1.82, 2.24) is 0 Å². The van der Waals surface area contributed by atoms with Gasteiger partial charge in [0, 0.05) is 57.9 Å². The Balaban J connectivity index is 7.63. The van der Waals surface area contributed by atoms with Crippen LogP contribution in [-0.4, -0.2) is 8.42 Å². The molecule has 0 heterocycles. The van der Waals surface area contributed by atoms with Crippen LogP contribution in [0.4, 0.5) is 0 Å². The van der Waals surface area contributed by atoms with Crippen LogP contribution in [0.2, 0.25) is 0 Å². The van der Waals surface area contributed by atoms with Crippen LogP contribution in [0, 0.1) is 0 Å². The zero-order chi connectivity index (χ0) is 8.31. The van der Waals surface area contributed by atoms with Crippen molar-refractivity contribution in [3.8, 4) is 0 Å². The van der Waals surface area contributed by atoms with E-state index in [0.717, 1.165) is 0 Å². The molecule has 0 saturated heterocycles. The largest absolute Gasteiger partial charge is 0.284 e. The van der Waals surface area contributed by atoms with Crippen LogP contribution < -0.4 is 0 Å². The van der Waals surface area contributed by atoms with Crippen LogP contribution in [-0.2, 0) is 73.7 Å². The van der Waals surface area contributed by atoms with Gasteiger partial charge in [-0.3, -0.25) is 0 Å². The molecule has 0 rings (SSSR count). The third kappa shape index (κ3) is 3.67. The molecule has 2 nitrogen and oxygen atoms in total. The molecule has 0 aromatic heterocycles. The topological polar surface area (TPSA) is 34.1 Å². The van der Waals surface area contributed by atoms with Crippen LogP contribution >= 0.6 is 0 Å². The van der Waals surface area contributed by atoms with Gasteiger partial charge in [-0.2, -0.15) is 8.42 Å². The maximum atomic E-state index is 10.2. The Morgan fingerprint density at radius 1 is 0.800 bits per heavy atom. The highest BCUT2D eigenvalue weighted by molar-refractivity contribution is 8.89. The molecule has 10 heavy (non-hydrogen) atoms. The monoisotopic (exact) mass is 288 g/mol. The van der Waals surface area contributed by atoms with Crippen molar-refractivity contribution in [3.63, 3.8) is 0 Å². The van der Waals surface area contributed by atoms with Crippen LogP contribution in [0.15, 0.2) is 0 Å². The Bertz CT molecular complexity index is 500. The summed E-state index contributed by atoms with van der Waals surface area (Å²) in [5, 5.41) is 0. The van der Waals surface area contributed by atoms with Crippen molar-refractivity contribution < 1.29 is 8.42 Å². The average molecular weight is 289 g/mol. The summed E-state index contributed by atoms with van der Waals surface area (Å²) in [6.07, 6.45) is 0. The molecule has 0 amide bonds. The van der Waals surface area contributed by atoms with E-state index in [-0.39, 0.29) is 0 Å². The van der Waals surface area contributed by atoms with Crippen molar-refractivity contribution >= 4 is 73.7 Å². The highest BCUT2D eigenvalue weighted by Crippen LogP contribution is 1.55. The molecular formula is O2S8. The van der Waals surface area contributed by atoms with E-state index in [1.807, 2.05) is 0 Å². The van der Waals surface area contributed by atoms with E-state index in [0.29, 0.717) is 0 Å². The molecular weight excluding hydrogens is 289 g/mol. The Morgan fingerprint density at radius 3 is 1.30 bits per heavy atom. The molecule has 0 aromatic rings. The van der Waals surface area contributed by atoms with Crippen molar-refractivity contribution in [3.05, 3.63) is 0 Å². The van der Waals surface area contributed by atoms with Gasteiger partial charge < -0.3 is 0 Å². The van der Waals surface area contributed by atoms with Gasteiger partial charge in [0.05, 0.1) is 6.57 Å². The Morgan fingerprint density at radius 2 is 1.20 bits per heavy atom. The SMILES string of the molecule is O=S(=O)=S(=S)=S(=S)=S(=S)=S. The maximum Gasteiger partial charge on any atom is 0.284 e. The van der Waals surface area contributed by atoms with Crippen molar-refractivity contribution in [2.24, 2.45) is 0 Å². The predicted molar refractivity (Wildman–Crippen MR) is 60.5 cm³/mol. The maximum absolute atomic E-state index is 10.2. The highest BCUT2D eigenvalue weighted by Gasteiger charge is 1.63. The molecule has 0 N–H and O–H groups in total. The van der Waals surface area contributed by atoms with Crippen LogP contribution in [0.25, 0.3) is 0 Å². The first-order valence-electron chi connectivity index (χ1n) is 1.50. The zero-order valence-corrected chi connectivity index (χ0v) is 10.6. The van der Waals surface area contributed by atoms with Gasteiger partial charge in [0.15, 0.2) is 0 Å². The minimum Gasteiger partial charge on any atom is -0.172 e. The first-order valence-corrected chi connectivity index (χ1v) is 11.5. The lowest BCUT2D eigenvalue weighted by molar-refractivity contribution is 0.628. The minimum atomic E-state index is -2.29. The minimum absolute atomic E-state index is 0.887. The molecule has 0 unspecified atom stereocenters. The van der Waals surface area contributed by atoms with Gasteiger partial charge in [-0.15, -0.1) is 0 Å². The molecule has 0 aliphatic heterocycles. The van der Waals surface area contributed by atoms with E-state index in [1.165, 1.54) is 0 Å². The quantitative estimate of drug-likeness (QED) is 0.587. The van der Waals surface area contributed by atoms with Gasteiger partial charge in [-0.1, -0.05) is 0 Å². The lowest BCUT2D eigenvalue weighted by Crippen LogP contribution is -1.59. The summed E-state index contributed by atoms with van der Waals surface area (Å²) in [6, 6.07) is 0. The molecule has 0 bridgehead atoms. The number of rotatable bonds is 0. The fourth-order valence-corrected chi connectivity index (χ4v) is 14.7. The second-order valence-electron chi connectivity index (χ2n) is 0.816. The van der Waals surface area contributed by atoms with Gasteiger partial charge in [0.1, 0.15) is 0 Å². The summed E-state index contributed by atoms with van der Waals surface area (Å²) in [5.74, 6) is 0. The Kier molecular flexibility index (Phi) is 5.78. The fraction of sp³-hybridized carbons (Fsp3) is 0. The van der Waals surface area contributed by atoms with E-state index in [1.54, 1.807) is 0 Å². The lowest BCUT2D eigenvalue weighted by atomic mass is 15.9. The third-order valence-corrected chi connectivity index (χ3v) is 21.0. The van der Waals surface area contributed by atoms with E-state index in [9.17, 15) is 8.42 Å². The van der Waals surface area contributed by atoms with E-state index in [4.69, 9.17) is 11.2 Å². The van der Waals surface area contributed by atoms with Crippen molar-refractivity contribution in [2.75, 3.05) is 0 Å². The van der Waals surface area contributed by atoms with Gasteiger partial charge in [-0.25, -0.2) is 0 Å². The molecule has 0 atom stereocenters. The van der Waals surface area contributed by atoms with Crippen LogP contribution in [0.1, 0.15) is 0 Å². The molecule has 0 saturated carbocycles. The third-order valence-electron chi connectivity index (χ3n) is 0.333. The molecule has 0 spiro atoms. The van der Waals surface area contributed by atoms with Gasteiger partial charge in [0.25, 0.3) is 9.26 Å².